The average molecular weight is 376 g/mol. The van der Waals surface area contributed by atoms with Crippen molar-refractivity contribution in [2.24, 2.45) is 5.10 Å². The van der Waals surface area contributed by atoms with E-state index in [2.05, 4.69) is 22.4 Å². The number of aromatic nitrogens is 1. The van der Waals surface area contributed by atoms with Crippen LogP contribution in [0.5, 0.6) is 11.5 Å². The number of ether oxygens (including phenoxy) is 2. The largest absolute Gasteiger partial charge is 0.490 e. The number of carbonyl (C=O) groups excluding carboxylic acids is 1. The van der Waals surface area contributed by atoms with Gasteiger partial charge in [-0.2, -0.15) is 5.10 Å². The molecule has 1 aromatic carbocycles. The molecule has 2 rings (SSSR count). The molecule has 0 fully saturated rings. The standard InChI is InChI=1S/C18H24N4O3S/c1-4-6-9-25-15-10-13(7-8-14(15)24-5-2)11-20-22-17(23)16-12(3)21-18(19)26-16/h7-8,10-11H,4-6,9H2,1-3H3,(H2,19,21)(H,22,23)/b20-11-. The molecular formula is C18H24N4O3S. The summed E-state index contributed by atoms with van der Waals surface area (Å²) in [7, 11) is 0. The number of thiazole rings is 1. The van der Waals surface area contributed by atoms with Crippen LogP contribution in [0.2, 0.25) is 0 Å². The first kappa shape index (κ1) is 19.7. The number of benzene rings is 1. The Balaban J connectivity index is 2.05. The Morgan fingerprint density at radius 3 is 2.81 bits per heavy atom. The summed E-state index contributed by atoms with van der Waals surface area (Å²) in [5.74, 6) is 1.03. The van der Waals surface area contributed by atoms with Crippen molar-refractivity contribution in [2.45, 2.75) is 33.6 Å². The Morgan fingerprint density at radius 1 is 1.35 bits per heavy atom. The van der Waals surface area contributed by atoms with E-state index in [1.165, 1.54) is 0 Å². The highest BCUT2D eigenvalue weighted by atomic mass is 32.1. The van der Waals surface area contributed by atoms with E-state index in [0.717, 1.165) is 29.7 Å². The molecule has 3 N–H and O–H groups in total. The minimum absolute atomic E-state index is 0.335. The predicted molar refractivity (Wildman–Crippen MR) is 104 cm³/mol. The second kappa shape index (κ2) is 9.76. The molecule has 26 heavy (non-hydrogen) atoms. The Bertz CT molecular complexity index is 774. The minimum atomic E-state index is -0.335. The van der Waals surface area contributed by atoms with Crippen LogP contribution < -0.4 is 20.6 Å². The van der Waals surface area contributed by atoms with E-state index in [1.807, 2.05) is 25.1 Å². The summed E-state index contributed by atoms with van der Waals surface area (Å²) in [6, 6.07) is 5.53. The number of nitrogens with one attached hydrogen (secondary N) is 1. The number of nitrogens with zero attached hydrogens (tertiary/aromatic N) is 2. The van der Waals surface area contributed by atoms with E-state index in [4.69, 9.17) is 15.2 Å². The molecule has 0 aliphatic carbocycles. The number of nitrogens with two attached hydrogens (primary N) is 1. The van der Waals surface area contributed by atoms with Crippen LogP contribution in [-0.4, -0.2) is 30.3 Å². The Hall–Kier alpha value is -2.61. The molecule has 2 aromatic rings. The maximum Gasteiger partial charge on any atom is 0.283 e. The number of hydrogen-bond donors (Lipinski definition) is 2. The zero-order valence-electron chi connectivity index (χ0n) is 15.2. The molecule has 0 saturated heterocycles. The maximum atomic E-state index is 12.1. The fourth-order valence-electron chi connectivity index (χ4n) is 2.16. The summed E-state index contributed by atoms with van der Waals surface area (Å²) >= 11 is 1.13. The highest BCUT2D eigenvalue weighted by Gasteiger charge is 2.13. The number of rotatable bonds is 9. The minimum Gasteiger partial charge on any atom is -0.490 e. The zero-order chi connectivity index (χ0) is 18.9. The number of amides is 1. The summed E-state index contributed by atoms with van der Waals surface area (Å²) < 4.78 is 11.4. The van der Waals surface area contributed by atoms with Gasteiger partial charge in [0.15, 0.2) is 16.6 Å². The Labute approximate surface area is 157 Å². The van der Waals surface area contributed by atoms with Gasteiger partial charge >= 0.3 is 0 Å². The van der Waals surface area contributed by atoms with E-state index in [-0.39, 0.29) is 5.91 Å². The fraction of sp³-hybridized carbons (Fsp3) is 0.389. The van der Waals surface area contributed by atoms with E-state index in [1.54, 1.807) is 13.1 Å². The quantitative estimate of drug-likeness (QED) is 0.397. The molecule has 0 atom stereocenters. The first-order valence-electron chi connectivity index (χ1n) is 8.51. The summed E-state index contributed by atoms with van der Waals surface area (Å²) in [6.45, 7) is 6.95. The number of hydrazone groups is 1. The van der Waals surface area contributed by atoms with Crippen LogP contribution in [0.25, 0.3) is 0 Å². The highest BCUT2D eigenvalue weighted by Crippen LogP contribution is 2.28. The molecule has 1 amide bonds. The monoisotopic (exact) mass is 376 g/mol. The lowest BCUT2D eigenvalue weighted by Gasteiger charge is -2.12. The van der Waals surface area contributed by atoms with Crippen molar-refractivity contribution >= 4 is 28.6 Å². The van der Waals surface area contributed by atoms with Crippen molar-refractivity contribution in [1.29, 1.82) is 0 Å². The SMILES string of the molecule is CCCCOc1cc(/C=N\NC(=O)c2sc(N)nc2C)ccc1OCC. The molecule has 7 nitrogen and oxygen atoms in total. The molecule has 0 aliphatic heterocycles. The van der Waals surface area contributed by atoms with Gasteiger partial charge < -0.3 is 15.2 Å². The van der Waals surface area contributed by atoms with Crippen LogP contribution in [0.1, 0.15) is 47.6 Å². The zero-order valence-corrected chi connectivity index (χ0v) is 16.1. The second-order valence-electron chi connectivity index (χ2n) is 5.51. The van der Waals surface area contributed by atoms with E-state index >= 15 is 0 Å². The van der Waals surface area contributed by atoms with Crippen molar-refractivity contribution in [3.63, 3.8) is 0 Å². The number of unbranched alkanes of at least 4 members (excludes halogenated alkanes) is 1. The molecule has 140 valence electrons. The number of hydrogen-bond acceptors (Lipinski definition) is 7. The van der Waals surface area contributed by atoms with Gasteiger partial charge in [0.1, 0.15) is 4.88 Å². The molecule has 0 bridgehead atoms. The summed E-state index contributed by atoms with van der Waals surface area (Å²) in [5.41, 5.74) is 9.48. The molecule has 8 heteroatoms. The van der Waals surface area contributed by atoms with Crippen LogP contribution in [-0.2, 0) is 0 Å². The molecule has 0 aliphatic rings. The third-order valence-electron chi connectivity index (χ3n) is 3.42. The summed E-state index contributed by atoms with van der Waals surface area (Å²) in [6.07, 6.45) is 3.58. The number of carbonyl (C=O) groups is 1. The van der Waals surface area contributed by atoms with Gasteiger partial charge in [-0.15, -0.1) is 0 Å². The topological polar surface area (TPSA) is 98.8 Å². The average Bonchev–Trinajstić information content (AvgIpc) is 2.95. The van der Waals surface area contributed by atoms with E-state index in [9.17, 15) is 4.79 Å². The van der Waals surface area contributed by atoms with E-state index in [0.29, 0.717) is 40.4 Å². The van der Waals surface area contributed by atoms with Crippen LogP contribution in [0.4, 0.5) is 5.13 Å². The normalized spacial score (nSPS) is 10.9. The fourth-order valence-corrected chi connectivity index (χ4v) is 2.89. The number of aryl methyl sites for hydroxylation is 1. The van der Waals surface area contributed by atoms with Crippen LogP contribution in [0.3, 0.4) is 0 Å². The van der Waals surface area contributed by atoms with Crippen molar-refractivity contribution in [3.8, 4) is 11.5 Å². The lowest BCUT2D eigenvalue weighted by molar-refractivity contribution is 0.0958. The maximum absolute atomic E-state index is 12.1. The summed E-state index contributed by atoms with van der Waals surface area (Å²) in [4.78, 5) is 16.6. The van der Waals surface area contributed by atoms with Crippen molar-refractivity contribution in [2.75, 3.05) is 18.9 Å². The van der Waals surface area contributed by atoms with Gasteiger partial charge in [0.25, 0.3) is 5.91 Å². The lowest BCUT2D eigenvalue weighted by atomic mass is 10.2. The lowest BCUT2D eigenvalue weighted by Crippen LogP contribution is -2.17. The molecule has 0 saturated carbocycles. The van der Waals surface area contributed by atoms with Crippen LogP contribution in [0.15, 0.2) is 23.3 Å². The Morgan fingerprint density at radius 2 is 2.15 bits per heavy atom. The van der Waals surface area contributed by atoms with Gasteiger partial charge in [-0.1, -0.05) is 24.7 Å². The second-order valence-corrected chi connectivity index (χ2v) is 6.54. The van der Waals surface area contributed by atoms with Crippen molar-refractivity contribution in [3.05, 3.63) is 34.3 Å². The van der Waals surface area contributed by atoms with Gasteiger partial charge in [0, 0.05) is 0 Å². The van der Waals surface area contributed by atoms with Crippen molar-refractivity contribution < 1.29 is 14.3 Å². The molecular weight excluding hydrogens is 352 g/mol. The van der Waals surface area contributed by atoms with Gasteiger partial charge in [0.05, 0.1) is 25.1 Å². The first-order valence-corrected chi connectivity index (χ1v) is 9.32. The molecule has 0 radical (unpaired) electrons. The van der Waals surface area contributed by atoms with Gasteiger partial charge in [-0.3, -0.25) is 4.79 Å². The number of nitrogen functional groups attached to an aromatic ring is 1. The van der Waals surface area contributed by atoms with Crippen molar-refractivity contribution in [1.82, 2.24) is 10.4 Å². The Kier molecular flexibility index (Phi) is 7.40. The first-order chi connectivity index (χ1) is 12.5. The third-order valence-corrected chi connectivity index (χ3v) is 4.41. The van der Waals surface area contributed by atoms with Gasteiger partial charge in [-0.05, 0) is 44.0 Å². The summed E-state index contributed by atoms with van der Waals surface area (Å²) in [5, 5.41) is 4.36. The molecule has 0 unspecified atom stereocenters. The molecule has 0 spiro atoms. The molecule has 1 aromatic heterocycles. The smallest absolute Gasteiger partial charge is 0.283 e. The van der Waals surface area contributed by atoms with Crippen LogP contribution >= 0.6 is 11.3 Å². The third kappa shape index (κ3) is 5.45. The van der Waals surface area contributed by atoms with E-state index < -0.39 is 0 Å². The van der Waals surface area contributed by atoms with Crippen LogP contribution in [0, 0.1) is 6.92 Å². The molecule has 1 heterocycles. The predicted octanol–water partition coefficient (Wildman–Crippen LogP) is 3.38. The highest BCUT2D eigenvalue weighted by molar-refractivity contribution is 7.17. The van der Waals surface area contributed by atoms with Gasteiger partial charge in [-0.25, -0.2) is 10.4 Å². The number of anilines is 1. The van der Waals surface area contributed by atoms with Gasteiger partial charge in [0.2, 0.25) is 0 Å².